The van der Waals surface area contributed by atoms with Crippen LogP contribution in [0.2, 0.25) is 18.1 Å². The number of carbonyl (C=O) groups excluding carboxylic acids is 3. The monoisotopic (exact) mass is 696 g/mol. The molecule has 0 unspecified atom stereocenters. The van der Waals surface area contributed by atoms with E-state index >= 15 is 0 Å². The van der Waals surface area contributed by atoms with E-state index in [4.69, 9.17) is 9.16 Å². The lowest BCUT2D eigenvalue weighted by atomic mass is 9.97. The van der Waals surface area contributed by atoms with Gasteiger partial charge in [-0.15, -0.1) is 0 Å². The Morgan fingerprint density at radius 3 is 2.18 bits per heavy atom. The fraction of sp³-hybridized carbons (Fsp3) is 0.425. The van der Waals surface area contributed by atoms with Gasteiger partial charge in [-0.3, -0.25) is 14.5 Å². The van der Waals surface area contributed by atoms with Gasteiger partial charge in [0.05, 0.1) is 24.9 Å². The number of allylic oxidation sites excluding steroid dienone is 1. The number of benzene rings is 3. The molecule has 0 radical (unpaired) electrons. The minimum absolute atomic E-state index is 0.0257. The molecule has 0 saturated carbocycles. The van der Waals surface area contributed by atoms with Gasteiger partial charge in [-0.05, 0) is 90.3 Å². The van der Waals surface area contributed by atoms with Crippen molar-refractivity contribution in [1.82, 2.24) is 9.80 Å². The molecule has 5 rings (SSSR count). The summed E-state index contributed by atoms with van der Waals surface area (Å²) >= 11 is 0. The number of amides is 1. The molecule has 266 valence electrons. The number of carbonyl (C=O) groups is 3. The van der Waals surface area contributed by atoms with Crippen LogP contribution >= 0.6 is 0 Å². The SMILES string of the molecule is COC(=O)c1ccc2c(c1)/C(=C(/Nc1ccc(N(C)C(=O)CN3CCN(C)CC3)cc1)c1ccc(CCO[Si](C)(C)C(C)(C)C)cc1)C(=O)C2. The van der Waals surface area contributed by atoms with Crippen LogP contribution < -0.4 is 10.2 Å². The first-order valence-electron chi connectivity index (χ1n) is 17.4. The van der Waals surface area contributed by atoms with Crippen molar-refractivity contribution in [3.63, 3.8) is 0 Å². The van der Waals surface area contributed by atoms with Crippen LogP contribution in [-0.2, 0) is 31.6 Å². The molecule has 0 bridgehead atoms. The summed E-state index contributed by atoms with van der Waals surface area (Å²) in [6.45, 7) is 16.0. The Morgan fingerprint density at radius 1 is 0.920 bits per heavy atom. The summed E-state index contributed by atoms with van der Waals surface area (Å²) in [6, 6.07) is 21.2. The molecule has 10 heteroatoms. The quantitative estimate of drug-likeness (QED) is 0.141. The Balaban J connectivity index is 1.41. The van der Waals surface area contributed by atoms with Crippen LogP contribution in [0, 0.1) is 0 Å². The lowest BCUT2D eigenvalue weighted by Crippen LogP contribution is -2.48. The number of ketones is 1. The van der Waals surface area contributed by atoms with Gasteiger partial charge >= 0.3 is 5.97 Å². The van der Waals surface area contributed by atoms with Gasteiger partial charge in [-0.2, -0.15) is 0 Å². The second kappa shape index (κ2) is 15.4. The van der Waals surface area contributed by atoms with Gasteiger partial charge in [0.1, 0.15) is 0 Å². The molecule has 1 N–H and O–H groups in total. The van der Waals surface area contributed by atoms with E-state index in [0.29, 0.717) is 30.0 Å². The normalized spacial score (nSPS) is 16.6. The summed E-state index contributed by atoms with van der Waals surface area (Å²) in [5.74, 6) is -0.434. The van der Waals surface area contributed by atoms with Crippen LogP contribution in [-0.4, -0.2) is 96.3 Å². The van der Waals surface area contributed by atoms with E-state index in [1.807, 2.05) is 42.5 Å². The highest BCUT2D eigenvalue weighted by Gasteiger charge is 2.37. The van der Waals surface area contributed by atoms with Crippen molar-refractivity contribution in [2.75, 3.05) is 70.8 Å². The molecule has 2 aliphatic rings. The lowest BCUT2D eigenvalue weighted by molar-refractivity contribution is -0.119. The molecule has 0 aromatic heterocycles. The number of hydrogen-bond donors (Lipinski definition) is 1. The summed E-state index contributed by atoms with van der Waals surface area (Å²) in [6.07, 6.45) is 1.04. The fourth-order valence-corrected chi connectivity index (χ4v) is 7.06. The molecule has 1 heterocycles. The number of anilines is 2. The number of methoxy groups -OCH3 is 1. The molecule has 1 aliphatic carbocycles. The molecular weight excluding hydrogens is 645 g/mol. The number of ether oxygens (including phenoxy) is 1. The summed E-state index contributed by atoms with van der Waals surface area (Å²) in [4.78, 5) is 45.4. The zero-order valence-electron chi connectivity index (χ0n) is 30.9. The largest absolute Gasteiger partial charge is 0.465 e. The number of nitrogens with one attached hydrogen (secondary N) is 1. The van der Waals surface area contributed by atoms with Crippen LogP contribution in [0.1, 0.15) is 53.4 Å². The van der Waals surface area contributed by atoms with Crippen LogP contribution in [0.4, 0.5) is 11.4 Å². The van der Waals surface area contributed by atoms with Crippen molar-refractivity contribution in [3.05, 3.63) is 94.5 Å². The van der Waals surface area contributed by atoms with Crippen LogP contribution in [0.5, 0.6) is 0 Å². The number of hydrogen-bond acceptors (Lipinski definition) is 8. The van der Waals surface area contributed by atoms with E-state index < -0.39 is 14.3 Å². The summed E-state index contributed by atoms with van der Waals surface area (Å²) in [5, 5.41) is 3.69. The molecule has 1 aliphatic heterocycles. The van der Waals surface area contributed by atoms with Gasteiger partial charge in [0, 0.05) is 63.2 Å². The standard InChI is InChI=1S/C40H52N4O5Si/c1-40(2,3)50(7,8)49-24-19-28-9-11-29(12-10-28)38(37-34-25-31(39(47)48-6)14-13-30(34)26-35(37)45)41-32-15-17-33(18-16-32)43(5)36(46)27-44-22-20-42(4)21-23-44/h9-18,25,41H,19-24,26-27H2,1-8H3/b38-37-. The predicted molar refractivity (Wildman–Crippen MR) is 204 cm³/mol. The molecule has 0 atom stereocenters. The van der Waals surface area contributed by atoms with Gasteiger partial charge in [0.15, 0.2) is 14.1 Å². The molecule has 3 aromatic rings. The van der Waals surface area contributed by atoms with E-state index in [9.17, 15) is 14.4 Å². The maximum absolute atomic E-state index is 13.7. The van der Waals surface area contributed by atoms with Crippen LogP contribution in [0.25, 0.3) is 11.3 Å². The van der Waals surface area contributed by atoms with Crippen molar-refractivity contribution in [3.8, 4) is 0 Å². The zero-order valence-corrected chi connectivity index (χ0v) is 31.9. The van der Waals surface area contributed by atoms with Crippen molar-refractivity contribution in [1.29, 1.82) is 0 Å². The van der Waals surface area contributed by atoms with Gasteiger partial charge in [-0.1, -0.05) is 51.1 Å². The number of likely N-dealkylation sites (N-methyl/N-ethyl adjacent to an activating group) is 2. The van der Waals surface area contributed by atoms with Crippen molar-refractivity contribution in [2.24, 2.45) is 0 Å². The third kappa shape index (κ3) is 8.61. The highest BCUT2D eigenvalue weighted by Crippen LogP contribution is 2.38. The van der Waals surface area contributed by atoms with Gasteiger partial charge < -0.3 is 24.3 Å². The molecule has 0 spiro atoms. The second-order valence-electron chi connectivity index (χ2n) is 15.0. The highest BCUT2D eigenvalue weighted by molar-refractivity contribution is 6.74. The number of piperazine rings is 1. The molecular formula is C40H52N4O5Si. The topological polar surface area (TPSA) is 91.4 Å². The van der Waals surface area contributed by atoms with Gasteiger partial charge in [-0.25, -0.2) is 4.79 Å². The average molecular weight is 697 g/mol. The summed E-state index contributed by atoms with van der Waals surface area (Å²) in [7, 11) is 3.41. The Kier molecular flexibility index (Phi) is 11.5. The first kappa shape index (κ1) is 37.2. The third-order valence-electron chi connectivity index (χ3n) is 10.4. The molecule has 1 saturated heterocycles. The molecule has 1 fully saturated rings. The van der Waals surface area contributed by atoms with E-state index in [-0.39, 0.29) is 23.1 Å². The second-order valence-corrected chi connectivity index (χ2v) is 19.8. The third-order valence-corrected chi connectivity index (χ3v) is 15.0. The molecule has 50 heavy (non-hydrogen) atoms. The Hall–Kier alpha value is -4.09. The summed E-state index contributed by atoms with van der Waals surface area (Å²) in [5.41, 5.74) is 6.73. The Bertz CT molecular complexity index is 1740. The lowest BCUT2D eigenvalue weighted by Gasteiger charge is -2.36. The minimum atomic E-state index is -1.85. The number of esters is 1. The Labute approximate surface area is 298 Å². The number of Topliss-reactive ketones (excluding diaryl/α,β-unsaturated/α-hetero) is 1. The van der Waals surface area contributed by atoms with Crippen molar-refractivity contribution >= 4 is 48.6 Å². The number of nitrogens with zero attached hydrogens (tertiary/aromatic N) is 3. The minimum Gasteiger partial charge on any atom is -0.465 e. The van der Waals surface area contributed by atoms with Crippen LogP contribution in [0.3, 0.4) is 0 Å². The van der Waals surface area contributed by atoms with E-state index in [0.717, 1.165) is 66.2 Å². The maximum atomic E-state index is 13.7. The summed E-state index contributed by atoms with van der Waals surface area (Å²) < 4.78 is 11.4. The first-order chi connectivity index (χ1) is 23.7. The van der Waals surface area contributed by atoms with Gasteiger partial charge in [0.25, 0.3) is 0 Å². The van der Waals surface area contributed by atoms with Crippen molar-refractivity contribution in [2.45, 2.75) is 51.7 Å². The van der Waals surface area contributed by atoms with E-state index in [1.54, 1.807) is 24.1 Å². The molecule has 3 aromatic carbocycles. The van der Waals surface area contributed by atoms with Gasteiger partial charge in [0.2, 0.25) is 5.91 Å². The predicted octanol–water partition coefficient (Wildman–Crippen LogP) is 6.35. The maximum Gasteiger partial charge on any atom is 0.337 e. The van der Waals surface area contributed by atoms with E-state index in [1.165, 1.54) is 7.11 Å². The fourth-order valence-electron chi connectivity index (χ4n) is 6.01. The highest BCUT2D eigenvalue weighted by atomic mass is 28.4. The zero-order chi connectivity index (χ0) is 36.2. The van der Waals surface area contributed by atoms with E-state index in [2.05, 4.69) is 68.2 Å². The van der Waals surface area contributed by atoms with Crippen LogP contribution in [0.15, 0.2) is 66.7 Å². The average Bonchev–Trinajstić information content (AvgIpc) is 3.42. The molecule has 1 amide bonds. The van der Waals surface area contributed by atoms with Crippen molar-refractivity contribution < 1.29 is 23.5 Å². The molecule has 9 nitrogen and oxygen atoms in total. The smallest absolute Gasteiger partial charge is 0.337 e. The Morgan fingerprint density at radius 2 is 1.56 bits per heavy atom. The number of fused-ring (bicyclic) bond motifs is 1. The first-order valence-corrected chi connectivity index (χ1v) is 20.3. The number of rotatable bonds is 11.